The molecule has 5 heteroatoms. The first-order valence-corrected chi connectivity index (χ1v) is 7.22. The van der Waals surface area contributed by atoms with Crippen LogP contribution in [0.15, 0.2) is 23.6 Å². The predicted molar refractivity (Wildman–Crippen MR) is 78.9 cm³/mol. The lowest BCUT2D eigenvalue weighted by Crippen LogP contribution is -2.08. The number of rotatable bonds is 4. The van der Waals surface area contributed by atoms with Gasteiger partial charge in [0, 0.05) is 16.8 Å². The lowest BCUT2D eigenvalue weighted by molar-refractivity contribution is 0.0988. The summed E-state index contributed by atoms with van der Waals surface area (Å²) in [6, 6.07) is 5.55. The molecule has 1 atom stereocenters. The number of aromatic nitrogens is 1. The van der Waals surface area contributed by atoms with Crippen LogP contribution in [-0.2, 0) is 6.42 Å². The zero-order valence-corrected chi connectivity index (χ0v) is 12.4. The SMILES string of the molecule is Cc1ccc(CC(=O)c2csc(C(C)N)n2)c(Cl)c1. The molecule has 0 radical (unpaired) electrons. The number of nitrogens with zero attached hydrogens (tertiary/aromatic N) is 1. The van der Waals surface area contributed by atoms with Gasteiger partial charge in [0.2, 0.25) is 0 Å². The standard InChI is InChI=1S/C14H15ClN2OS/c1-8-3-4-10(11(15)5-8)6-13(18)12-7-19-14(17-12)9(2)16/h3-5,7,9H,6,16H2,1-2H3. The van der Waals surface area contributed by atoms with Crippen molar-refractivity contribution in [1.29, 1.82) is 0 Å². The smallest absolute Gasteiger partial charge is 0.186 e. The van der Waals surface area contributed by atoms with Crippen molar-refractivity contribution in [2.45, 2.75) is 26.3 Å². The fourth-order valence-electron chi connectivity index (χ4n) is 1.68. The zero-order valence-electron chi connectivity index (χ0n) is 10.8. The van der Waals surface area contributed by atoms with Gasteiger partial charge in [0.1, 0.15) is 10.7 Å². The lowest BCUT2D eigenvalue weighted by Gasteiger charge is -2.03. The average molecular weight is 295 g/mol. The summed E-state index contributed by atoms with van der Waals surface area (Å²) in [5, 5.41) is 3.15. The van der Waals surface area contributed by atoms with Crippen LogP contribution in [0.1, 0.15) is 39.6 Å². The molecule has 1 aromatic carbocycles. The summed E-state index contributed by atoms with van der Waals surface area (Å²) in [4.78, 5) is 16.4. The normalized spacial score (nSPS) is 12.4. The first-order valence-electron chi connectivity index (χ1n) is 5.96. The van der Waals surface area contributed by atoms with Crippen molar-refractivity contribution in [2.24, 2.45) is 5.73 Å². The Kier molecular flexibility index (Phi) is 4.34. The minimum Gasteiger partial charge on any atom is -0.322 e. The average Bonchev–Trinajstić information content (AvgIpc) is 2.82. The number of Topliss-reactive ketones (excluding diaryl/α,β-unsaturated/α-hetero) is 1. The van der Waals surface area contributed by atoms with E-state index in [4.69, 9.17) is 17.3 Å². The fourth-order valence-corrected chi connectivity index (χ4v) is 2.77. The molecular formula is C14H15ClN2OS. The highest BCUT2D eigenvalue weighted by molar-refractivity contribution is 7.09. The lowest BCUT2D eigenvalue weighted by atomic mass is 10.1. The number of hydrogen-bond donors (Lipinski definition) is 1. The van der Waals surface area contributed by atoms with E-state index < -0.39 is 0 Å². The molecule has 1 heterocycles. The van der Waals surface area contributed by atoms with E-state index >= 15 is 0 Å². The van der Waals surface area contributed by atoms with E-state index in [0.29, 0.717) is 10.7 Å². The molecule has 0 spiro atoms. The number of carbonyl (C=O) groups excluding carboxylic acids is 1. The Morgan fingerprint density at radius 1 is 1.53 bits per heavy atom. The molecule has 19 heavy (non-hydrogen) atoms. The van der Waals surface area contributed by atoms with Crippen LogP contribution < -0.4 is 5.73 Å². The monoisotopic (exact) mass is 294 g/mol. The van der Waals surface area contributed by atoms with Crippen LogP contribution in [0.2, 0.25) is 5.02 Å². The topological polar surface area (TPSA) is 56.0 Å². The van der Waals surface area contributed by atoms with E-state index in [-0.39, 0.29) is 18.2 Å². The molecule has 0 bridgehead atoms. The van der Waals surface area contributed by atoms with Gasteiger partial charge in [-0.1, -0.05) is 23.7 Å². The number of carbonyl (C=O) groups is 1. The first-order chi connectivity index (χ1) is 8.97. The second-order valence-corrected chi connectivity index (χ2v) is 5.85. The summed E-state index contributed by atoms with van der Waals surface area (Å²) in [5.74, 6) is -0.0334. The number of nitrogens with two attached hydrogens (primary N) is 1. The van der Waals surface area contributed by atoms with Gasteiger partial charge in [-0.05, 0) is 31.0 Å². The molecule has 0 saturated heterocycles. The molecule has 0 saturated carbocycles. The maximum absolute atomic E-state index is 12.1. The molecule has 2 rings (SSSR count). The van der Waals surface area contributed by atoms with Crippen molar-refractivity contribution >= 4 is 28.7 Å². The Hall–Kier alpha value is -1.23. The minimum atomic E-state index is -0.144. The van der Waals surface area contributed by atoms with Crippen molar-refractivity contribution in [3.63, 3.8) is 0 Å². The molecule has 0 fully saturated rings. The van der Waals surface area contributed by atoms with Crippen LogP contribution in [0, 0.1) is 6.92 Å². The van der Waals surface area contributed by atoms with Gasteiger partial charge in [-0.15, -0.1) is 11.3 Å². The Morgan fingerprint density at radius 2 is 2.26 bits per heavy atom. The summed E-state index contributed by atoms with van der Waals surface area (Å²) in [6.45, 7) is 3.82. The van der Waals surface area contributed by atoms with Crippen molar-refractivity contribution in [2.75, 3.05) is 0 Å². The predicted octanol–water partition coefficient (Wildman–Crippen LogP) is 3.55. The summed E-state index contributed by atoms with van der Waals surface area (Å²) in [6.07, 6.45) is 0.265. The third-order valence-electron chi connectivity index (χ3n) is 2.76. The highest BCUT2D eigenvalue weighted by atomic mass is 35.5. The summed E-state index contributed by atoms with van der Waals surface area (Å²) >= 11 is 7.54. The van der Waals surface area contributed by atoms with Gasteiger partial charge in [-0.25, -0.2) is 4.98 Å². The number of thiazole rings is 1. The third-order valence-corrected chi connectivity index (χ3v) is 4.15. The van der Waals surface area contributed by atoms with Crippen LogP contribution in [0.5, 0.6) is 0 Å². The van der Waals surface area contributed by atoms with Crippen LogP contribution in [-0.4, -0.2) is 10.8 Å². The Morgan fingerprint density at radius 3 is 2.84 bits per heavy atom. The molecule has 100 valence electrons. The van der Waals surface area contributed by atoms with Crippen molar-refractivity contribution in [3.05, 3.63) is 50.4 Å². The second-order valence-electron chi connectivity index (χ2n) is 4.55. The highest BCUT2D eigenvalue weighted by Crippen LogP contribution is 2.21. The fraction of sp³-hybridized carbons (Fsp3) is 0.286. The quantitative estimate of drug-likeness (QED) is 0.877. The van der Waals surface area contributed by atoms with Gasteiger partial charge in [0.05, 0.1) is 6.04 Å². The van der Waals surface area contributed by atoms with Gasteiger partial charge >= 0.3 is 0 Å². The molecular weight excluding hydrogens is 280 g/mol. The van der Waals surface area contributed by atoms with E-state index in [1.807, 2.05) is 32.0 Å². The van der Waals surface area contributed by atoms with E-state index in [2.05, 4.69) is 4.98 Å². The molecule has 1 unspecified atom stereocenters. The van der Waals surface area contributed by atoms with Gasteiger partial charge < -0.3 is 5.73 Å². The number of hydrogen-bond acceptors (Lipinski definition) is 4. The number of aryl methyl sites for hydroxylation is 1. The van der Waals surface area contributed by atoms with Crippen LogP contribution in [0.25, 0.3) is 0 Å². The van der Waals surface area contributed by atoms with E-state index in [9.17, 15) is 4.79 Å². The van der Waals surface area contributed by atoms with Gasteiger partial charge in [-0.2, -0.15) is 0 Å². The number of halogens is 1. The Labute approximate surface area is 121 Å². The maximum Gasteiger partial charge on any atom is 0.186 e. The molecule has 1 aromatic heterocycles. The van der Waals surface area contributed by atoms with Crippen molar-refractivity contribution < 1.29 is 4.79 Å². The molecule has 0 aliphatic rings. The van der Waals surface area contributed by atoms with Gasteiger partial charge in [0.25, 0.3) is 0 Å². The summed E-state index contributed by atoms with van der Waals surface area (Å²) in [5.41, 5.74) is 8.11. The maximum atomic E-state index is 12.1. The van der Waals surface area contributed by atoms with Crippen molar-refractivity contribution in [3.8, 4) is 0 Å². The van der Waals surface area contributed by atoms with E-state index in [1.165, 1.54) is 11.3 Å². The van der Waals surface area contributed by atoms with Gasteiger partial charge in [0.15, 0.2) is 5.78 Å². The molecule has 0 aliphatic heterocycles. The van der Waals surface area contributed by atoms with Gasteiger partial charge in [-0.3, -0.25) is 4.79 Å². The zero-order chi connectivity index (χ0) is 14.0. The number of benzene rings is 1. The second kappa shape index (κ2) is 5.82. The summed E-state index contributed by atoms with van der Waals surface area (Å²) in [7, 11) is 0. The highest BCUT2D eigenvalue weighted by Gasteiger charge is 2.14. The van der Waals surface area contributed by atoms with E-state index in [1.54, 1.807) is 5.38 Å². The van der Waals surface area contributed by atoms with Crippen LogP contribution >= 0.6 is 22.9 Å². The molecule has 3 nitrogen and oxygen atoms in total. The molecule has 2 aromatic rings. The first kappa shape index (κ1) is 14.2. The molecule has 0 aliphatic carbocycles. The largest absolute Gasteiger partial charge is 0.322 e. The third kappa shape index (κ3) is 3.41. The van der Waals surface area contributed by atoms with Crippen LogP contribution in [0.4, 0.5) is 0 Å². The Bertz CT molecular complexity index is 607. The molecule has 0 amide bonds. The minimum absolute atomic E-state index is 0.0334. The molecule has 2 N–H and O–H groups in total. The Balaban J connectivity index is 2.16. The van der Waals surface area contributed by atoms with E-state index in [0.717, 1.165) is 16.1 Å². The van der Waals surface area contributed by atoms with Crippen molar-refractivity contribution in [1.82, 2.24) is 4.98 Å². The number of ketones is 1. The van der Waals surface area contributed by atoms with Crippen LogP contribution in [0.3, 0.4) is 0 Å². The summed E-state index contributed by atoms with van der Waals surface area (Å²) < 4.78 is 0.